The molecule has 0 unspecified atom stereocenters. The number of benzene rings is 1. The van der Waals surface area contributed by atoms with Crippen molar-refractivity contribution >= 4 is 52.2 Å². The van der Waals surface area contributed by atoms with Crippen molar-refractivity contribution in [1.82, 2.24) is 0 Å². The Balaban J connectivity index is 2.24. The first-order valence-electron chi connectivity index (χ1n) is 7.43. The molecule has 0 saturated carbocycles. The van der Waals surface area contributed by atoms with Crippen LogP contribution in [0.15, 0.2) is 23.2 Å². The molecule has 5 nitrogen and oxygen atoms in total. The molecule has 0 radical (unpaired) electrons. The van der Waals surface area contributed by atoms with E-state index >= 15 is 0 Å². The molecule has 1 amide bonds. The van der Waals surface area contributed by atoms with E-state index in [-0.39, 0.29) is 0 Å². The number of carbonyl (C=O) groups is 1. The van der Waals surface area contributed by atoms with Crippen LogP contribution in [0.2, 0.25) is 10.0 Å². The summed E-state index contributed by atoms with van der Waals surface area (Å²) in [5.74, 6) is -0.484. The van der Waals surface area contributed by atoms with Gasteiger partial charge in [-0.2, -0.15) is 5.26 Å². The topological polar surface area (TPSA) is 65.7 Å². The predicted molar refractivity (Wildman–Crippen MR) is 101 cm³/mol. The zero-order valence-electron chi connectivity index (χ0n) is 13.1. The highest BCUT2D eigenvalue weighted by Crippen LogP contribution is 2.44. The number of ether oxygens (including phenoxy) is 1. The molecule has 128 valence electrons. The first kappa shape index (κ1) is 17.9. The van der Waals surface area contributed by atoms with Gasteiger partial charge in [0.15, 0.2) is 0 Å². The molecule has 2 aromatic rings. The van der Waals surface area contributed by atoms with Crippen molar-refractivity contribution in [1.29, 1.82) is 5.26 Å². The quantitative estimate of drug-likeness (QED) is 0.730. The number of rotatable bonds is 3. The van der Waals surface area contributed by atoms with Crippen LogP contribution in [-0.4, -0.2) is 38.9 Å². The number of amides is 1. The number of thiophene rings is 1. The van der Waals surface area contributed by atoms with Crippen molar-refractivity contribution in [2.45, 2.75) is 0 Å². The Morgan fingerprint density at radius 1 is 1.36 bits per heavy atom. The summed E-state index contributed by atoms with van der Waals surface area (Å²) < 4.78 is 5.37. The molecule has 1 aliphatic rings. The Morgan fingerprint density at radius 3 is 2.68 bits per heavy atom. The summed E-state index contributed by atoms with van der Waals surface area (Å²) in [5.41, 5.74) is 1.46. The van der Waals surface area contributed by atoms with E-state index in [4.69, 9.17) is 27.9 Å². The molecular weight excluding hydrogens is 381 g/mol. The SMILES string of the molecule is C=NC(=O)c1sc(N2CCOCC2)c(C#N)c1-c1ccc(Cl)cc1Cl. The third-order valence-electron chi connectivity index (χ3n) is 3.84. The number of aliphatic imine (C=N–C) groups is 1. The van der Waals surface area contributed by atoms with Crippen LogP contribution in [0, 0.1) is 11.3 Å². The van der Waals surface area contributed by atoms with Crippen molar-refractivity contribution in [2.24, 2.45) is 4.99 Å². The lowest BCUT2D eigenvalue weighted by atomic mass is 10.0. The molecule has 1 fully saturated rings. The van der Waals surface area contributed by atoms with Crippen molar-refractivity contribution in [3.05, 3.63) is 38.7 Å². The molecule has 0 spiro atoms. The molecule has 0 aliphatic carbocycles. The predicted octanol–water partition coefficient (Wildman–Crippen LogP) is 4.27. The van der Waals surface area contributed by atoms with Crippen molar-refractivity contribution in [3.8, 4) is 17.2 Å². The number of hydrogen-bond acceptors (Lipinski definition) is 5. The Bertz CT molecular complexity index is 883. The smallest absolute Gasteiger partial charge is 0.287 e. The third-order valence-corrected chi connectivity index (χ3v) is 5.62. The van der Waals surface area contributed by atoms with Gasteiger partial charge in [-0.1, -0.05) is 29.3 Å². The molecule has 8 heteroatoms. The average molecular weight is 394 g/mol. The normalized spacial score (nSPS) is 14.2. The number of nitriles is 1. The maximum absolute atomic E-state index is 12.3. The van der Waals surface area contributed by atoms with Gasteiger partial charge in [-0.15, -0.1) is 11.3 Å². The van der Waals surface area contributed by atoms with Gasteiger partial charge >= 0.3 is 0 Å². The monoisotopic (exact) mass is 393 g/mol. The molecule has 1 aromatic carbocycles. The number of hydrogen-bond donors (Lipinski definition) is 0. The second-order valence-electron chi connectivity index (χ2n) is 5.28. The van der Waals surface area contributed by atoms with E-state index in [1.165, 1.54) is 11.3 Å². The summed E-state index contributed by atoms with van der Waals surface area (Å²) >= 11 is 13.5. The number of nitrogens with zero attached hydrogens (tertiary/aromatic N) is 3. The largest absolute Gasteiger partial charge is 0.378 e. The van der Waals surface area contributed by atoms with Crippen LogP contribution >= 0.6 is 34.5 Å². The molecule has 1 aliphatic heterocycles. The van der Waals surface area contributed by atoms with Gasteiger partial charge in [0.25, 0.3) is 5.91 Å². The van der Waals surface area contributed by atoms with Crippen LogP contribution < -0.4 is 4.90 Å². The molecule has 0 atom stereocenters. The molecule has 2 heterocycles. The molecule has 1 saturated heterocycles. The Kier molecular flexibility index (Phi) is 5.40. The second-order valence-corrected chi connectivity index (χ2v) is 7.13. The second kappa shape index (κ2) is 7.54. The van der Waals surface area contributed by atoms with Crippen molar-refractivity contribution in [3.63, 3.8) is 0 Å². The zero-order valence-corrected chi connectivity index (χ0v) is 15.4. The summed E-state index contributed by atoms with van der Waals surface area (Å²) in [5, 5.41) is 11.3. The van der Waals surface area contributed by atoms with Gasteiger partial charge in [0.05, 0.1) is 18.8 Å². The standard InChI is InChI=1S/C17H13Cl2N3O2S/c1-21-16(23)15-14(11-3-2-10(18)8-13(11)19)12(9-20)17(25-15)22-4-6-24-7-5-22/h2-3,8H,1,4-7H2. The lowest BCUT2D eigenvalue weighted by molar-refractivity contribution is 0.101. The maximum atomic E-state index is 12.3. The molecule has 3 rings (SSSR count). The fourth-order valence-corrected chi connectivity index (χ4v) is 4.41. The maximum Gasteiger partial charge on any atom is 0.287 e. The number of carbonyl (C=O) groups excluding carboxylic acids is 1. The van der Waals surface area contributed by atoms with E-state index in [9.17, 15) is 10.1 Å². The van der Waals surface area contributed by atoms with Gasteiger partial charge in [-0.25, -0.2) is 4.99 Å². The Labute approximate surface area is 159 Å². The van der Waals surface area contributed by atoms with E-state index in [0.717, 1.165) is 5.00 Å². The van der Waals surface area contributed by atoms with Crippen LogP contribution in [-0.2, 0) is 4.74 Å². The van der Waals surface area contributed by atoms with E-state index < -0.39 is 5.91 Å². The summed E-state index contributed by atoms with van der Waals surface area (Å²) in [6, 6.07) is 7.18. The summed E-state index contributed by atoms with van der Waals surface area (Å²) in [4.78, 5) is 18.2. The van der Waals surface area contributed by atoms with Gasteiger partial charge in [0.2, 0.25) is 0 Å². The minimum atomic E-state index is -0.484. The number of halogens is 2. The van der Waals surface area contributed by atoms with Crippen LogP contribution in [0.1, 0.15) is 15.2 Å². The first-order valence-corrected chi connectivity index (χ1v) is 9.00. The molecule has 1 aromatic heterocycles. The summed E-state index contributed by atoms with van der Waals surface area (Å²) in [7, 11) is 0. The number of morpholine rings is 1. The van der Waals surface area contributed by atoms with E-state index in [1.807, 2.05) is 4.90 Å². The van der Waals surface area contributed by atoms with Crippen molar-refractivity contribution < 1.29 is 9.53 Å². The molecule has 0 N–H and O–H groups in total. The highest BCUT2D eigenvalue weighted by molar-refractivity contribution is 7.19. The van der Waals surface area contributed by atoms with Gasteiger partial charge in [-0.3, -0.25) is 4.79 Å². The van der Waals surface area contributed by atoms with E-state index in [1.54, 1.807) is 18.2 Å². The lowest BCUT2D eigenvalue weighted by Crippen LogP contribution is -2.36. The lowest BCUT2D eigenvalue weighted by Gasteiger charge is -2.27. The third kappa shape index (κ3) is 3.42. The summed E-state index contributed by atoms with van der Waals surface area (Å²) in [6.45, 7) is 5.77. The Hall–Kier alpha value is -1.91. The van der Waals surface area contributed by atoms with Crippen LogP contribution in [0.4, 0.5) is 5.00 Å². The van der Waals surface area contributed by atoms with Crippen LogP contribution in [0.3, 0.4) is 0 Å². The van der Waals surface area contributed by atoms with Crippen LogP contribution in [0.5, 0.6) is 0 Å². The number of anilines is 1. The van der Waals surface area contributed by atoms with Gasteiger partial charge in [-0.05, 0) is 18.9 Å². The minimum absolute atomic E-state index is 0.345. The molecular formula is C17H13Cl2N3O2S. The van der Waals surface area contributed by atoms with Gasteiger partial charge in [0.1, 0.15) is 15.9 Å². The average Bonchev–Trinajstić information content (AvgIpc) is 3.01. The van der Waals surface area contributed by atoms with Crippen molar-refractivity contribution in [2.75, 3.05) is 31.2 Å². The first-order chi connectivity index (χ1) is 12.1. The minimum Gasteiger partial charge on any atom is -0.378 e. The fourth-order valence-electron chi connectivity index (χ4n) is 2.68. The van der Waals surface area contributed by atoms with E-state index in [2.05, 4.69) is 17.8 Å². The highest BCUT2D eigenvalue weighted by Gasteiger charge is 2.28. The van der Waals surface area contributed by atoms with E-state index in [0.29, 0.717) is 57.9 Å². The van der Waals surface area contributed by atoms with Crippen LogP contribution in [0.25, 0.3) is 11.1 Å². The Morgan fingerprint density at radius 2 is 2.08 bits per heavy atom. The highest BCUT2D eigenvalue weighted by atomic mass is 35.5. The summed E-state index contributed by atoms with van der Waals surface area (Å²) in [6.07, 6.45) is 0. The molecule has 0 bridgehead atoms. The van der Waals surface area contributed by atoms with Gasteiger partial charge in [0, 0.05) is 34.3 Å². The zero-order chi connectivity index (χ0) is 18.0. The fraction of sp³-hybridized carbons (Fsp3) is 0.235. The molecule has 25 heavy (non-hydrogen) atoms. The van der Waals surface area contributed by atoms with Gasteiger partial charge < -0.3 is 9.64 Å².